The molecule has 1 rings (SSSR count). The number of hydrazine groups is 1. The molecule has 0 heterocycles. The number of rotatable bonds is 12. The number of unbranched alkanes of at least 4 members (excludes halogenated alkanes) is 1. The van der Waals surface area contributed by atoms with Crippen molar-refractivity contribution in [3.05, 3.63) is 35.9 Å². The molecular formula is C18H28N4O5. The van der Waals surface area contributed by atoms with Gasteiger partial charge in [-0.05, 0) is 45.4 Å². The molecule has 1 amide bonds. The summed E-state index contributed by atoms with van der Waals surface area (Å²) in [6.45, 7) is 2.02. The molecule has 0 aliphatic carbocycles. The Morgan fingerprint density at radius 3 is 2.44 bits per heavy atom. The van der Waals surface area contributed by atoms with E-state index in [2.05, 4.69) is 26.4 Å². The Kier molecular flexibility index (Phi) is 10.7. The van der Waals surface area contributed by atoms with E-state index >= 15 is 0 Å². The Hall–Kier alpha value is -2.49. The van der Waals surface area contributed by atoms with Crippen LogP contribution in [0.1, 0.15) is 36.5 Å². The highest BCUT2D eigenvalue weighted by Crippen LogP contribution is 2.03. The van der Waals surface area contributed by atoms with Crippen LogP contribution in [-0.4, -0.2) is 50.6 Å². The summed E-state index contributed by atoms with van der Waals surface area (Å²) < 4.78 is 4.59. The average molecular weight is 380 g/mol. The van der Waals surface area contributed by atoms with E-state index in [1.54, 1.807) is 38.2 Å². The highest BCUT2D eigenvalue weighted by Gasteiger charge is 2.22. The molecule has 150 valence electrons. The van der Waals surface area contributed by atoms with E-state index in [1.807, 2.05) is 6.07 Å². The van der Waals surface area contributed by atoms with Crippen LogP contribution in [0, 0.1) is 0 Å². The van der Waals surface area contributed by atoms with Crippen molar-refractivity contribution in [3.8, 4) is 0 Å². The number of nitrogens with one attached hydrogen (secondary N) is 4. The molecule has 0 bridgehead atoms. The Balaban J connectivity index is 2.27. The molecular weight excluding hydrogens is 352 g/mol. The smallest absolute Gasteiger partial charge is 0.356 e. The second kappa shape index (κ2) is 12.8. The molecule has 0 aromatic heterocycles. The van der Waals surface area contributed by atoms with Gasteiger partial charge in [-0.25, -0.2) is 15.0 Å². The fourth-order valence-electron chi connectivity index (χ4n) is 2.29. The number of amides is 1. The molecule has 27 heavy (non-hydrogen) atoms. The Morgan fingerprint density at radius 2 is 1.81 bits per heavy atom. The van der Waals surface area contributed by atoms with E-state index in [1.165, 1.54) is 7.11 Å². The van der Waals surface area contributed by atoms with E-state index in [4.69, 9.17) is 4.84 Å². The van der Waals surface area contributed by atoms with Gasteiger partial charge in [-0.3, -0.25) is 10.2 Å². The van der Waals surface area contributed by atoms with Crippen molar-refractivity contribution in [1.82, 2.24) is 21.6 Å². The third-order valence-electron chi connectivity index (χ3n) is 3.74. The zero-order valence-electron chi connectivity index (χ0n) is 15.9. The molecule has 2 atom stereocenters. The van der Waals surface area contributed by atoms with Gasteiger partial charge in [0.25, 0.3) is 0 Å². The quantitative estimate of drug-likeness (QED) is 0.232. The molecule has 0 aliphatic rings. The Labute approximate surface area is 159 Å². The van der Waals surface area contributed by atoms with Crippen molar-refractivity contribution in [1.29, 1.82) is 0 Å². The average Bonchev–Trinajstić information content (AvgIpc) is 2.69. The molecule has 0 fully saturated rings. The van der Waals surface area contributed by atoms with E-state index in [0.29, 0.717) is 31.4 Å². The highest BCUT2D eigenvalue weighted by atomic mass is 16.7. The normalized spacial score (nSPS) is 12.7. The van der Waals surface area contributed by atoms with Gasteiger partial charge in [0.05, 0.1) is 18.7 Å². The molecule has 0 spiro atoms. The fourth-order valence-corrected chi connectivity index (χ4v) is 2.29. The second-order valence-electron chi connectivity index (χ2n) is 5.85. The number of methoxy groups -OCH3 is 1. The number of carbonyl (C=O) groups is 3. The maximum atomic E-state index is 12.2. The molecule has 0 saturated carbocycles. The van der Waals surface area contributed by atoms with Crippen molar-refractivity contribution < 1.29 is 24.0 Å². The maximum absolute atomic E-state index is 12.2. The van der Waals surface area contributed by atoms with Gasteiger partial charge in [0.2, 0.25) is 5.91 Å². The topological polar surface area (TPSA) is 118 Å². The van der Waals surface area contributed by atoms with Crippen LogP contribution in [0.25, 0.3) is 0 Å². The molecule has 4 N–H and O–H groups in total. The molecule has 0 saturated heterocycles. The van der Waals surface area contributed by atoms with Gasteiger partial charge in [0, 0.05) is 6.54 Å². The van der Waals surface area contributed by atoms with Crippen molar-refractivity contribution in [2.24, 2.45) is 0 Å². The molecule has 1 aromatic carbocycles. The SMILES string of the molecule is CNNC(CCCCNOC(=O)c1ccccc1)C(=O)N[C@@H](C)C(=O)OC. The van der Waals surface area contributed by atoms with Crippen LogP contribution < -0.4 is 21.6 Å². The van der Waals surface area contributed by atoms with Crippen LogP contribution in [0.4, 0.5) is 0 Å². The summed E-state index contributed by atoms with van der Waals surface area (Å²) in [7, 11) is 2.93. The van der Waals surface area contributed by atoms with Crippen LogP contribution >= 0.6 is 0 Å². The Bertz CT molecular complexity index is 597. The fraction of sp³-hybridized carbons (Fsp3) is 0.500. The third kappa shape index (κ3) is 8.63. The first-order valence-electron chi connectivity index (χ1n) is 8.79. The second-order valence-corrected chi connectivity index (χ2v) is 5.85. The number of hydrogen-bond acceptors (Lipinski definition) is 8. The minimum atomic E-state index is -0.720. The summed E-state index contributed by atoms with van der Waals surface area (Å²) in [5.74, 6) is -1.25. The summed E-state index contributed by atoms with van der Waals surface area (Å²) in [6.07, 6.45) is 1.94. The lowest BCUT2D eigenvalue weighted by atomic mass is 10.1. The van der Waals surface area contributed by atoms with Gasteiger partial charge in [-0.15, -0.1) is 0 Å². The van der Waals surface area contributed by atoms with Crippen LogP contribution in [0.15, 0.2) is 30.3 Å². The summed E-state index contributed by atoms with van der Waals surface area (Å²) in [5.41, 5.74) is 8.69. The predicted molar refractivity (Wildman–Crippen MR) is 99.3 cm³/mol. The molecule has 0 radical (unpaired) electrons. The van der Waals surface area contributed by atoms with Crippen LogP contribution in [0.3, 0.4) is 0 Å². The van der Waals surface area contributed by atoms with Gasteiger partial charge in [0.15, 0.2) is 0 Å². The van der Waals surface area contributed by atoms with E-state index < -0.39 is 24.0 Å². The number of esters is 1. The van der Waals surface area contributed by atoms with Gasteiger partial charge in [0.1, 0.15) is 6.04 Å². The summed E-state index contributed by atoms with van der Waals surface area (Å²) >= 11 is 0. The van der Waals surface area contributed by atoms with Crippen LogP contribution in [0.5, 0.6) is 0 Å². The first kappa shape index (κ1) is 22.6. The van der Waals surface area contributed by atoms with E-state index in [-0.39, 0.29) is 5.91 Å². The number of benzene rings is 1. The lowest BCUT2D eigenvalue weighted by molar-refractivity contribution is -0.144. The van der Waals surface area contributed by atoms with Gasteiger partial charge < -0.3 is 14.9 Å². The van der Waals surface area contributed by atoms with Gasteiger partial charge >= 0.3 is 11.9 Å². The zero-order valence-corrected chi connectivity index (χ0v) is 15.9. The summed E-state index contributed by atoms with van der Waals surface area (Å²) in [6, 6.07) is 7.46. The van der Waals surface area contributed by atoms with E-state index in [0.717, 1.165) is 0 Å². The molecule has 0 aliphatic heterocycles. The lowest BCUT2D eigenvalue weighted by Crippen LogP contribution is -2.52. The molecule has 1 unspecified atom stereocenters. The summed E-state index contributed by atoms with van der Waals surface area (Å²) in [5, 5.41) is 2.60. The van der Waals surface area contributed by atoms with Gasteiger partial charge in [-0.1, -0.05) is 18.2 Å². The first-order chi connectivity index (χ1) is 13.0. The predicted octanol–water partition coefficient (Wildman–Crippen LogP) is 0.289. The largest absolute Gasteiger partial charge is 0.467 e. The molecule has 9 heteroatoms. The zero-order chi connectivity index (χ0) is 20.1. The lowest BCUT2D eigenvalue weighted by Gasteiger charge is -2.20. The van der Waals surface area contributed by atoms with Crippen molar-refractivity contribution in [2.75, 3.05) is 20.7 Å². The minimum absolute atomic E-state index is 0.300. The third-order valence-corrected chi connectivity index (χ3v) is 3.74. The number of carbonyl (C=O) groups excluding carboxylic acids is 3. The van der Waals surface area contributed by atoms with Crippen molar-refractivity contribution >= 4 is 17.8 Å². The van der Waals surface area contributed by atoms with Crippen LogP contribution in [-0.2, 0) is 19.2 Å². The first-order valence-corrected chi connectivity index (χ1v) is 8.79. The molecule has 1 aromatic rings. The monoisotopic (exact) mass is 380 g/mol. The molecule has 9 nitrogen and oxygen atoms in total. The summed E-state index contributed by atoms with van der Waals surface area (Å²) in [4.78, 5) is 40.3. The van der Waals surface area contributed by atoms with E-state index in [9.17, 15) is 14.4 Å². The maximum Gasteiger partial charge on any atom is 0.356 e. The number of hydroxylamine groups is 1. The number of ether oxygens (including phenoxy) is 1. The van der Waals surface area contributed by atoms with Gasteiger partial charge in [-0.2, -0.15) is 5.48 Å². The highest BCUT2D eigenvalue weighted by molar-refractivity contribution is 5.89. The standard InChI is InChI=1S/C18H28N4O5/c1-13(17(24)26-3)21-16(23)15(22-19-2)11-7-8-12-20-27-18(25)14-9-5-4-6-10-14/h4-6,9-10,13,15,19-20,22H,7-8,11-12H2,1-3H3,(H,21,23)/t13-,15?/m0/s1. The van der Waals surface area contributed by atoms with Crippen molar-refractivity contribution in [2.45, 2.75) is 38.3 Å². The van der Waals surface area contributed by atoms with Crippen LogP contribution in [0.2, 0.25) is 0 Å². The number of hydrogen-bond donors (Lipinski definition) is 4. The van der Waals surface area contributed by atoms with Crippen molar-refractivity contribution in [3.63, 3.8) is 0 Å². The Morgan fingerprint density at radius 1 is 1.11 bits per heavy atom. The minimum Gasteiger partial charge on any atom is -0.467 e.